The molecule has 17 heavy (non-hydrogen) atoms. The molecule has 1 aromatic carbocycles. The highest BCUT2D eigenvalue weighted by molar-refractivity contribution is 6.30. The lowest BCUT2D eigenvalue weighted by Gasteiger charge is -2.12. The van der Waals surface area contributed by atoms with Crippen LogP contribution >= 0.6 is 11.6 Å². The minimum atomic E-state index is -0.364. The van der Waals surface area contributed by atoms with E-state index in [9.17, 15) is 4.39 Å². The summed E-state index contributed by atoms with van der Waals surface area (Å²) in [5, 5.41) is 3.54. The predicted molar refractivity (Wildman–Crippen MR) is 67.3 cm³/mol. The van der Waals surface area contributed by atoms with Crippen molar-refractivity contribution in [1.82, 2.24) is 9.55 Å². The molecule has 0 unspecified atom stereocenters. The van der Waals surface area contributed by atoms with Crippen LogP contribution in [-0.4, -0.2) is 15.6 Å². The molecule has 0 fully saturated rings. The van der Waals surface area contributed by atoms with Crippen molar-refractivity contribution >= 4 is 17.5 Å². The standard InChI is InChI=1S/C12H13ClFN3/c1-8(2)16-12-15-3-4-17(12)11-6-9(13)5-10(14)7-11/h3-8H,1-2H3,(H,15,16). The number of hydrogen-bond acceptors (Lipinski definition) is 2. The van der Waals surface area contributed by atoms with Crippen molar-refractivity contribution in [3.8, 4) is 5.69 Å². The lowest BCUT2D eigenvalue weighted by Crippen LogP contribution is -2.13. The molecule has 1 heterocycles. The highest BCUT2D eigenvalue weighted by atomic mass is 35.5. The molecule has 0 aliphatic carbocycles. The number of aromatic nitrogens is 2. The van der Waals surface area contributed by atoms with Crippen molar-refractivity contribution in [2.45, 2.75) is 19.9 Å². The Morgan fingerprint density at radius 2 is 2.12 bits per heavy atom. The number of rotatable bonds is 3. The van der Waals surface area contributed by atoms with Crippen LogP contribution in [0.1, 0.15) is 13.8 Å². The van der Waals surface area contributed by atoms with E-state index in [0.717, 1.165) is 0 Å². The van der Waals surface area contributed by atoms with Gasteiger partial charge in [-0.1, -0.05) is 11.6 Å². The molecule has 0 bridgehead atoms. The van der Waals surface area contributed by atoms with Crippen molar-refractivity contribution in [2.24, 2.45) is 0 Å². The maximum Gasteiger partial charge on any atom is 0.207 e. The molecule has 0 saturated carbocycles. The van der Waals surface area contributed by atoms with Gasteiger partial charge in [-0.15, -0.1) is 0 Å². The van der Waals surface area contributed by atoms with Crippen LogP contribution in [0.3, 0.4) is 0 Å². The number of halogens is 2. The van der Waals surface area contributed by atoms with Gasteiger partial charge in [-0.25, -0.2) is 9.37 Å². The van der Waals surface area contributed by atoms with Crippen LogP contribution in [0.2, 0.25) is 5.02 Å². The lowest BCUT2D eigenvalue weighted by molar-refractivity contribution is 0.626. The van der Waals surface area contributed by atoms with Crippen LogP contribution in [-0.2, 0) is 0 Å². The maximum atomic E-state index is 13.3. The molecule has 1 N–H and O–H groups in total. The van der Waals surface area contributed by atoms with Gasteiger partial charge >= 0.3 is 0 Å². The molecule has 0 saturated heterocycles. The molecule has 1 aromatic heterocycles. The molecule has 5 heteroatoms. The molecule has 90 valence electrons. The Balaban J connectivity index is 2.42. The summed E-state index contributed by atoms with van der Waals surface area (Å²) in [5.74, 6) is 0.304. The third kappa shape index (κ3) is 2.77. The summed E-state index contributed by atoms with van der Waals surface area (Å²) in [5.41, 5.74) is 0.649. The van der Waals surface area contributed by atoms with E-state index in [2.05, 4.69) is 10.3 Å². The van der Waals surface area contributed by atoms with E-state index in [1.165, 1.54) is 12.1 Å². The van der Waals surface area contributed by atoms with Gasteiger partial charge in [0.25, 0.3) is 0 Å². The monoisotopic (exact) mass is 253 g/mol. The summed E-state index contributed by atoms with van der Waals surface area (Å²) in [7, 11) is 0. The second kappa shape index (κ2) is 4.75. The summed E-state index contributed by atoms with van der Waals surface area (Å²) >= 11 is 5.83. The van der Waals surface area contributed by atoms with Crippen molar-refractivity contribution in [2.75, 3.05) is 5.32 Å². The third-order valence-corrected chi connectivity index (χ3v) is 2.40. The second-order valence-corrected chi connectivity index (χ2v) is 4.48. The summed E-state index contributed by atoms with van der Waals surface area (Å²) in [6, 6.07) is 4.63. The van der Waals surface area contributed by atoms with E-state index in [1.54, 1.807) is 23.0 Å². The fourth-order valence-corrected chi connectivity index (χ4v) is 1.77. The Morgan fingerprint density at radius 1 is 1.35 bits per heavy atom. The van der Waals surface area contributed by atoms with E-state index >= 15 is 0 Å². The zero-order valence-corrected chi connectivity index (χ0v) is 10.4. The Labute approximate surface area is 104 Å². The van der Waals surface area contributed by atoms with E-state index in [-0.39, 0.29) is 11.9 Å². The van der Waals surface area contributed by atoms with Crippen LogP contribution < -0.4 is 5.32 Å². The van der Waals surface area contributed by atoms with Gasteiger partial charge in [0.2, 0.25) is 5.95 Å². The van der Waals surface area contributed by atoms with E-state index in [1.807, 2.05) is 13.8 Å². The van der Waals surface area contributed by atoms with Gasteiger partial charge in [0.15, 0.2) is 0 Å². The normalized spacial score (nSPS) is 10.9. The summed E-state index contributed by atoms with van der Waals surface area (Å²) in [6.07, 6.45) is 3.42. The molecule has 0 aliphatic rings. The largest absolute Gasteiger partial charge is 0.353 e. The van der Waals surface area contributed by atoms with Gasteiger partial charge < -0.3 is 5.32 Å². The van der Waals surface area contributed by atoms with E-state index < -0.39 is 0 Å². The highest BCUT2D eigenvalue weighted by Gasteiger charge is 2.07. The summed E-state index contributed by atoms with van der Waals surface area (Å²) < 4.78 is 15.0. The molecule has 0 atom stereocenters. The number of nitrogens with one attached hydrogen (secondary N) is 1. The van der Waals surface area contributed by atoms with Crippen LogP contribution in [0.4, 0.5) is 10.3 Å². The maximum absolute atomic E-state index is 13.3. The molecule has 3 nitrogen and oxygen atoms in total. The first-order chi connectivity index (χ1) is 8.06. The van der Waals surface area contributed by atoms with Crippen molar-refractivity contribution < 1.29 is 4.39 Å². The summed E-state index contributed by atoms with van der Waals surface area (Å²) in [6.45, 7) is 4.02. The zero-order chi connectivity index (χ0) is 12.4. The molecule has 2 aromatic rings. The molecule has 0 aliphatic heterocycles. The lowest BCUT2D eigenvalue weighted by atomic mass is 10.3. The Bertz CT molecular complexity index is 502. The first-order valence-electron chi connectivity index (χ1n) is 5.32. The molecular formula is C12H13ClFN3. The molecular weight excluding hydrogens is 241 g/mol. The minimum absolute atomic E-state index is 0.250. The van der Waals surface area contributed by atoms with Crippen molar-refractivity contribution in [3.63, 3.8) is 0 Å². The molecule has 0 radical (unpaired) electrons. The number of anilines is 1. The second-order valence-electron chi connectivity index (χ2n) is 4.05. The Morgan fingerprint density at radius 3 is 2.76 bits per heavy atom. The van der Waals surface area contributed by atoms with E-state index in [4.69, 9.17) is 11.6 Å². The Kier molecular flexibility index (Phi) is 3.33. The van der Waals surface area contributed by atoms with Gasteiger partial charge in [-0.2, -0.15) is 0 Å². The first-order valence-corrected chi connectivity index (χ1v) is 5.70. The quantitative estimate of drug-likeness (QED) is 0.908. The minimum Gasteiger partial charge on any atom is -0.353 e. The van der Waals surface area contributed by atoms with Gasteiger partial charge in [0, 0.05) is 23.5 Å². The number of nitrogens with zero attached hydrogens (tertiary/aromatic N) is 2. The molecule has 2 rings (SSSR count). The molecule has 0 spiro atoms. The van der Waals surface area contributed by atoms with Crippen LogP contribution in [0, 0.1) is 5.82 Å². The molecule has 0 amide bonds. The van der Waals surface area contributed by atoms with Crippen molar-refractivity contribution in [3.05, 3.63) is 41.4 Å². The van der Waals surface area contributed by atoms with Crippen LogP contribution in [0.5, 0.6) is 0 Å². The van der Waals surface area contributed by atoms with Crippen LogP contribution in [0.25, 0.3) is 5.69 Å². The number of hydrogen-bond donors (Lipinski definition) is 1. The van der Waals surface area contributed by atoms with Crippen LogP contribution in [0.15, 0.2) is 30.6 Å². The third-order valence-electron chi connectivity index (χ3n) is 2.18. The number of benzene rings is 1. The van der Waals surface area contributed by atoms with Gasteiger partial charge in [0.1, 0.15) is 5.82 Å². The SMILES string of the molecule is CC(C)Nc1nccn1-c1cc(F)cc(Cl)c1. The van der Waals surface area contributed by atoms with E-state index in [0.29, 0.717) is 16.7 Å². The zero-order valence-electron chi connectivity index (χ0n) is 9.61. The Hall–Kier alpha value is -1.55. The van der Waals surface area contributed by atoms with Gasteiger partial charge in [-0.05, 0) is 32.0 Å². The van der Waals surface area contributed by atoms with Gasteiger partial charge in [-0.3, -0.25) is 4.57 Å². The average molecular weight is 254 g/mol. The number of imidazole rings is 1. The summed E-state index contributed by atoms with van der Waals surface area (Å²) in [4.78, 5) is 4.18. The fourth-order valence-electron chi connectivity index (χ4n) is 1.56. The fraction of sp³-hybridized carbons (Fsp3) is 0.250. The first kappa shape index (κ1) is 11.9. The topological polar surface area (TPSA) is 29.9 Å². The average Bonchev–Trinajstić information content (AvgIpc) is 2.63. The van der Waals surface area contributed by atoms with Gasteiger partial charge in [0.05, 0.1) is 5.69 Å². The van der Waals surface area contributed by atoms with Crippen molar-refractivity contribution in [1.29, 1.82) is 0 Å². The predicted octanol–water partition coefficient (Wildman–Crippen LogP) is 3.49. The smallest absolute Gasteiger partial charge is 0.207 e. The highest BCUT2D eigenvalue weighted by Crippen LogP contribution is 2.20.